The van der Waals surface area contributed by atoms with Crippen LogP contribution in [0.5, 0.6) is 0 Å². The summed E-state index contributed by atoms with van der Waals surface area (Å²) in [6.07, 6.45) is 4.48. The summed E-state index contributed by atoms with van der Waals surface area (Å²) in [6.45, 7) is 0. The quantitative estimate of drug-likeness (QED) is 0.871. The molecule has 2 N–H and O–H groups in total. The van der Waals surface area contributed by atoms with Crippen LogP contribution in [0.2, 0.25) is 0 Å². The maximum Gasteiger partial charge on any atom is 0.335 e. The van der Waals surface area contributed by atoms with E-state index in [1.807, 2.05) is 0 Å². The first-order valence-electron chi connectivity index (χ1n) is 7.25. The van der Waals surface area contributed by atoms with Gasteiger partial charge < -0.3 is 5.11 Å². The number of sulfonamides is 1. The number of fused-ring (bicyclic) bond motifs is 2. The third-order valence-electron chi connectivity index (χ3n) is 4.63. The highest BCUT2D eigenvalue weighted by molar-refractivity contribution is 7.88. The van der Waals surface area contributed by atoms with E-state index in [1.165, 1.54) is 18.6 Å². The molecule has 3 rings (SSSR count). The molecule has 2 aliphatic carbocycles. The molecule has 114 valence electrons. The third-order valence-corrected chi connectivity index (χ3v) is 6.00. The number of aromatic carboxylic acids is 1. The Morgan fingerprint density at radius 3 is 2.43 bits per heavy atom. The van der Waals surface area contributed by atoms with Crippen LogP contribution in [0.25, 0.3) is 0 Å². The Morgan fingerprint density at radius 2 is 1.90 bits per heavy atom. The second kappa shape index (κ2) is 5.42. The molecule has 3 atom stereocenters. The molecule has 1 aromatic carbocycles. The van der Waals surface area contributed by atoms with Gasteiger partial charge in [-0.25, -0.2) is 17.9 Å². The molecule has 0 amide bonds. The van der Waals surface area contributed by atoms with Gasteiger partial charge in [0.15, 0.2) is 0 Å². The lowest BCUT2D eigenvalue weighted by atomic mass is 9.96. The number of carboxylic acids is 1. The molecule has 0 radical (unpaired) electrons. The maximum absolute atomic E-state index is 12.2. The molecule has 5 nitrogen and oxygen atoms in total. The van der Waals surface area contributed by atoms with E-state index < -0.39 is 16.0 Å². The minimum Gasteiger partial charge on any atom is -0.478 e. The topological polar surface area (TPSA) is 83.5 Å². The first kappa shape index (κ1) is 14.5. The number of hydrogen-bond acceptors (Lipinski definition) is 3. The van der Waals surface area contributed by atoms with Crippen LogP contribution in [0.3, 0.4) is 0 Å². The minimum absolute atomic E-state index is 0.0899. The van der Waals surface area contributed by atoms with E-state index >= 15 is 0 Å². The van der Waals surface area contributed by atoms with E-state index in [0.29, 0.717) is 17.4 Å². The Morgan fingerprint density at radius 1 is 1.19 bits per heavy atom. The Balaban J connectivity index is 1.64. The van der Waals surface area contributed by atoms with Gasteiger partial charge in [-0.3, -0.25) is 0 Å². The van der Waals surface area contributed by atoms with E-state index in [-0.39, 0.29) is 17.4 Å². The Hall–Kier alpha value is -1.40. The van der Waals surface area contributed by atoms with E-state index in [4.69, 9.17) is 5.11 Å². The van der Waals surface area contributed by atoms with Crippen molar-refractivity contribution in [3.63, 3.8) is 0 Å². The molecule has 2 aliphatic rings. The van der Waals surface area contributed by atoms with Crippen LogP contribution in [0.15, 0.2) is 24.3 Å². The molecule has 2 bridgehead atoms. The van der Waals surface area contributed by atoms with Gasteiger partial charge in [-0.1, -0.05) is 18.6 Å². The Bertz CT molecular complexity index is 638. The van der Waals surface area contributed by atoms with E-state index in [1.54, 1.807) is 12.1 Å². The van der Waals surface area contributed by atoms with Gasteiger partial charge in [0.2, 0.25) is 10.0 Å². The molecule has 21 heavy (non-hydrogen) atoms. The summed E-state index contributed by atoms with van der Waals surface area (Å²) in [4.78, 5) is 10.8. The fraction of sp³-hybridized carbons (Fsp3) is 0.533. The van der Waals surface area contributed by atoms with Crippen LogP contribution in [0.1, 0.15) is 41.6 Å². The second-order valence-corrected chi connectivity index (χ2v) is 7.91. The number of carbonyl (C=O) groups is 1. The van der Waals surface area contributed by atoms with Crippen molar-refractivity contribution in [1.29, 1.82) is 0 Å². The zero-order chi connectivity index (χ0) is 15.0. The molecular formula is C15H19NO4S. The maximum atomic E-state index is 12.2. The van der Waals surface area contributed by atoms with Gasteiger partial charge in [-0.05, 0) is 48.8 Å². The summed E-state index contributed by atoms with van der Waals surface area (Å²) >= 11 is 0. The molecular weight excluding hydrogens is 290 g/mol. The van der Waals surface area contributed by atoms with Crippen molar-refractivity contribution in [3.8, 4) is 0 Å². The van der Waals surface area contributed by atoms with Crippen LogP contribution in [-0.4, -0.2) is 25.5 Å². The van der Waals surface area contributed by atoms with Crippen LogP contribution < -0.4 is 4.72 Å². The highest BCUT2D eigenvalue weighted by Gasteiger charge is 2.41. The van der Waals surface area contributed by atoms with Crippen LogP contribution in [-0.2, 0) is 15.8 Å². The zero-order valence-corrected chi connectivity index (χ0v) is 12.5. The molecule has 0 saturated heterocycles. The summed E-state index contributed by atoms with van der Waals surface area (Å²) in [6, 6.07) is 6.08. The largest absolute Gasteiger partial charge is 0.478 e. The molecule has 0 aliphatic heterocycles. The second-order valence-electron chi connectivity index (χ2n) is 6.16. The molecule has 0 heterocycles. The van der Waals surface area contributed by atoms with E-state index in [9.17, 15) is 13.2 Å². The summed E-state index contributed by atoms with van der Waals surface area (Å²) in [7, 11) is -3.37. The van der Waals surface area contributed by atoms with Crippen LogP contribution in [0.4, 0.5) is 0 Å². The number of carboxylic acid groups (broad SMARTS) is 1. The van der Waals surface area contributed by atoms with Gasteiger partial charge >= 0.3 is 5.97 Å². The van der Waals surface area contributed by atoms with Gasteiger partial charge in [0.1, 0.15) is 0 Å². The Labute approximate surface area is 124 Å². The van der Waals surface area contributed by atoms with Crippen molar-refractivity contribution in [2.75, 3.05) is 0 Å². The predicted octanol–water partition coefficient (Wildman–Crippen LogP) is 1.99. The lowest BCUT2D eigenvalue weighted by molar-refractivity contribution is 0.0697. The predicted molar refractivity (Wildman–Crippen MR) is 78.4 cm³/mol. The normalized spacial score (nSPS) is 27.9. The van der Waals surface area contributed by atoms with Gasteiger partial charge in [0, 0.05) is 6.04 Å². The zero-order valence-electron chi connectivity index (χ0n) is 11.7. The smallest absolute Gasteiger partial charge is 0.335 e. The average molecular weight is 309 g/mol. The minimum atomic E-state index is -3.37. The highest BCUT2D eigenvalue weighted by atomic mass is 32.2. The van der Waals surface area contributed by atoms with E-state index in [0.717, 1.165) is 19.3 Å². The summed E-state index contributed by atoms with van der Waals surface area (Å²) in [5.74, 6) is 0.0852. The van der Waals surface area contributed by atoms with Crippen LogP contribution >= 0.6 is 0 Å². The summed E-state index contributed by atoms with van der Waals surface area (Å²) in [5, 5.41) is 8.83. The molecule has 1 aromatic rings. The number of rotatable bonds is 5. The van der Waals surface area contributed by atoms with Crippen molar-refractivity contribution in [2.45, 2.75) is 37.5 Å². The molecule has 3 unspecified atom stereocenters. The molecule has 2 saturated carbocycles. The molecule has 2 fully saturated rings. The fourth-order valence-electron chi connectivity index (χ4n) is 3.62. The first-order chi connectivity index (χ1) is 9.93. The summed E-state index contributed by atoms with van der Waals surface area (Å²) < 4.78 is 27.3. The highest BCUT2D eigenvalue weighted by Crippen LogP contribution is 2.44. The lowest BCUT2D eigenvalue weighted by Gasteiger charge is -2.22. The molecule has 0 spiro atoms. The van der Waals surface area contributed by atoms with Gasteiger partial charge in [-0.15, -0.1) is 0 Å². The third kappa shape index (κ3) is 3.27. The van der Waals surface area contributed by atoms with Crippen molar-refractivity contribution >= 4 is 16.0 Å². The van der Waals surface area contributed by atoms with E-state index in [2.05, 4.69) is 4.72 Å². The fourth-order valence-corrected chi connectivity index (χ4v) is 5.09. The first-order valence-corrected chi connectivity index (χ1v) is 8.90. The lowest BCUT2D eigenvalue weighted by Crippen LogP contribution is -2.39. The van der Waals surface area contributed by atoms with Gasteiger partial charge in [0.25, 0.3) is 0 Å². The Kier molecular flexibility index (Phi) is 3.75. The average Bonchev–Trinajstić information content (AvgIpc) is 3.00. The molecule has 6 heteroatoms. The van der Waals surface area contributed by atoms with Crippen molar-refractivity contribution in [3.05, 3.63) is 35.4 Å². The SMILES string of the molecule is O=C(O)c1ccc(CS(=O)(=O)NC2CC3CCC2C3)cc1. The van der Waals surface area contributed by atoms with Crippen molar-refractivity contribution < 1.29 is 18.3 Å². The van der Waals surface area contributed by atoms with Crippen LogP contribution in [0, 0.1) is 11.8 Å². The number of nitrogens with one attached hydrogen (secondary N) is 1. The van der Waals surface area contributed by atoms with Gasteiger partial charge in [-0.2, -0.15) is 0 Å². The van der Waals surface area contributed by atoms with Crippen molar-refractivity contribution in [2.24, 2.45) is 11.8 Å². The monoisotopic (exact) mass is 309 g/mol. The standard InChI is InChI=1S/C15H19NO4S/c17-15(18)12-4-1-10(2-5-12)9-21(19,20)16-14-8-11-3-6-13(14)7-11/h1-2,4-5,11,13-14,16H,3,6-9H2,(H,17,18). The molecule has 0 aromatic heterocycles. The number of benzene rings is 1. The van der Waals surface area contributed by atoms with Crippen molar-refractivity contribution in [1.82, 2.24) is 4.72 Å². The number of hydrogen-bond donors (Lipinski definition) is 2. The van der Waals surface area contributed by atoms with Gasteiger partial charge in [0.05, 0.1) is 11.3 Å². The summed E-state index contributed by atoms with van der Waals surface area (Å²) in [5.41, 5.74) is 0.771.